The van der Waals surface area contributed by atoms with Gasteiger partial charge in [0.1, 0.15) is 5.82 Å². The Kier molecular flexibility index (Phi) is 5.74. The molecule has 1 aliphatic carbocycles. The second-order valence-corrected chi connectivity index (χ2v) is 7.33. The van der Waals surface area contributed by atoms with Gasteiger partial charge in [-0.2, -0.15) is 0 Å². The van der Waals surface area contributed by atoms with Crippen molar-refractivity contribution in [2.24, 2.45) is 0 Å². The van der Waals surface area contributed by atoms with Crippen molar-refractivity contribution < 1.29 is 18.7 Å². The van der Waals surface area contributed by atoms with Crippen molar-refractivity contribution in [3.63, 3.8) is 0 Å². The zero-order valence-corrected chi connectivity index (χ0v) is 16.9. The van der Waals surface area contributed by atoms with Gasteiger partial charge in [-0.1, -0.05) is 18.2 Å². The van der Waals surface area contributed by atoms with E-state index in [4.69, 9.17) is 9.72 Å². The Morgan fingerprint density at radius 3 is 2.57 bits per heavy atom. The molecule has 4 rings (SSSR count). The lowest BCUT2D eigenvalue weighted by molar-refractivity contribution is -0.121. The Balaban J connectivity index is 1.57. The summed E-state index contributed by atoms with van der Waals surface area (Å²) in [6.07, 6.45) is 3.67. The van der Waals surface area contributed by atoms with Crippen molar-refractivity contribution in [2.75, 3.05) is 18.1 Å². The van der Waals surface area contributed by atoms with Crippen LogP contribution in [0, 0.1) is 5.82 Å². The minimum atomic E-state index is -0.504. The summed E-state index contributed by atoms with van der Waals surface area (Å²) in [6.45, 7) is 1.82. The molecule has 0 spiro atoms. The fraction of sp³-hybridized carbons (Fsp3) is 0.292. The number of amides is 1. The number of hydrogen-bond donors (Lipinski definition) is 0. The van der Waals surface area contributed by atoms with Gasteiger partial charge in [-0.05, 0) is 68.5 Å². The highest BCUT2D eigenvalue weighted by molar-refractivity contribution is 6.06. The summed E-state index contributed by atoms with van der Waals surface area (Å²) in [6, 6.07) is 13.2. The average molecular weight is 406 g/mol. The van der Waals surface area contributed by atoms with Gasteiger partial charge in [0.15, 0.2) is 6.61 Å². The van der Waals surface area contributed by atoms with Gasteiger partial charge >= 0.3 is 5.97 Å². The highest BCUT2D eigenvalue weighted by atomic mass is 19.1. The summed E-state index contributed by atoms with van der Waals surface area (Å²) in [5, 5.41) is 0.751. The number of nitrogens with zero attached hydrogens (tertiary/aromatic N) is 2. The monoisotopic (exact) mass is 406 g/mol. The summed E-state index contributed by atoms with van der Waals surface area (Å²) in [7, 11) is 0. The van der Waals surface area contributed by atoms with Crippen LogP contribution in [0.25, 0.3) is 10.9 Å². The number of carbonyl (C=O) groups is 2. The number of aryl methyl sites for hydroxylation is 1. The van der Waals surface area contributed by atoms with Crippen molar-refractivity contribution >= 4 is 28.5 Å². The molecule has 0 unspecified atom stereocenters. The highest BCUT2D eigenvalue weighted by Crippen LogP contribution is 2.29. The van der Waals surface area contributed by atoms with Gasteiger partial charge in [-0.25, -0.2) is 9.18 Å². The topological polar surface area (TPSA) is 59.5 Å². The molecular weight excluding hydrogens is 383 g/mol. The summed E-state index contributed by atoms with van der Waals surface area (Å²) < 4.78 is 18.6. The second kappa shape index (κ2) is 8.61. The third-order valence-electron chi connectivity index (χ3n) is 5.46. The zero-order chi connectivity index (χ0) is 21.1. The smallest absolute Gasteiger partial charge is 0.339 e. The summed E-state index contributed by atoms with van der Waals surface area (Å²) in [4.78, 5) is 31.9. The molecule has 1 aromatic heterocycles. The van der Waals surface area contributed by atoms with E-state index < -0.39 is 5.97 Å². The molecule has 1 heterocycles. The molecule has 3 aromatic rings. The first-order valence-corrected chi connectivity index (χ1v) is 10.2. The minimum Gasteiger partial charge on any atom is -0.452 e. The Bertz CT molecular complexity index is 1100. The number of ether oxygens (including phenoxy) is 1. The van der Waals surface area contributed by atoms with Crippen LogP contribution in [0.4, 0.5) is 10.1 Å². The van der Waals surface area contributed by atoms with E-state index in [1.807, 2.05) is 31.2 Å². The number of halogens is 1. The number of aromatic nitrogens is 1. The molecule has 0 saturated carbocycles. The molecule has 0 atom stereocenters. The predicted octanol–water partition coefficient (Wildman–Crippen LogP) is 4.46. The van der Waals surface area contributed by atoms with E-state index in [1.165, 1.54) is 29.2 Å². The van der Waals surface area contributed by atoms with Crippen molar-refractivity contribution in [2.45, 2.75) is 32.6 Å². The van der Waals surface area contributed by atoms with Crippen LogP contribution >= 0.6 is 0 Å². The zero-order valence-electron chi connectivity index (χ0n) is 16.9. The molecule has 0 N–H and O–H groups in total. The predicted molar refractivity (Wildman–Crippen MR) is 113 cm³/mol. The van der Waals surface area contributed by atoms with Gasteiger partial charge in [0, 0.05) is 23.3 Å². The first kappa shape index (κ1) is 20.0. The lowest BCUT2D eigenvalue weighted by Crippen LogP contribution is -2.34. The summed E-state index contributed by atoms with van der Waals surface area (Å²) in [5.41, 5.74) is 3.72. The molecular formula is C24H23FN2O3. The van der Waals surface area contributed by atoms with E-state index in [0.717, 1.165) is 47.8 Å². The van der Waals surface area contributed by atoms with E-state index in [1.54, 1.807) is 0 Å². The largest absolute Gasteiger partial charge is 0.452 e. The third kappa shape index (κ3) is 3.90. The maximum atomic E-state index is 13.2. The first-order valence-electron chi connectivity index (χ1n) is 10.2. The van der Waals surface area contributed by atoms with Crippen LogP contribution in [-0.2, 0) is 22.4 Å². The number of carbonyl (C=O) groups excluding carboxylic acids is 2. The molecule has 0 fully saturated rings. The summed E-state index contributed by atoms with van der Waals surface area (Å²) in [5.74, 6) is -1.23. The number of likely N-dealkylation sites (N-methyl/N-ethyl adjacent to an activating group) is 1. The van der Waals surface area contributed by atoms with E-state index in [2.05, 4.69) is 0 Å². The molecule has 2 aromatic carbocycles. The Morgan fingerprint density at radius 1 is 1.07 bits per heavy atom. The fourth-order valence-corrected chi connectivity index (χ4v) is 4.01. The van der Waals surface area contributed by atoms with Crippen LogP contribution in [0.3, 0.4) is 0 Å². The number of pyridine rings is 1. The molecule has 0 radical (unpaired) electrons. The number of benzene rings is 2. The number of rotatable bonds is 5. The maximum Gasteiger partial charge on any atom is 0.339 e. The molecule has 0 bridgehead atoms. The molecule has 5 nitrogen and oxygen atoms in total. The van der Waals surface area contributed by atoms with Crippen LogP contribution in [0.15, 0.2) is 48.5 Å². The van der Waals surface area contributed by atoms with E-state index in [9.17, 15) is 14.0 Å². The number of hydrogen-bond acceptors (Lipinski definition) is 4. The van der Waals surface area contributed by atoms with Crippen molar-refractivity contribution in [1.29, 1.82) is 0 Å². The van der Waals surface area contributed by atoms with Crippen molar-refractivity contribution in [3.8, 4) is 0 Å². The van der Waals surface area contributed by atoms with Crippen LogP contribution in [0.1, 0.15) is 41.4 Å². The third-order valence-corrected chi connectivity index (χ3v) is 5.46. The molecule has 1 aliphatic rings. The summed E-state index contributed by atoms with van der Waals surface area (Å²) >= 11 is 0. The second-order valence-electron chi connectivity index (χ2n) is 7.33. The molecule has 30 heavy (non-hydrogen) atoms. The lowest BCUT2D eigenvalue weighted by Gasteiger charge is -2.22. The van der Waals surface area contributed by atoms with Gasteiger partial charge in [0.2, 0.25) is 0 Å². The molecule has 1 amide bonds. The number of fused-ring (bicyclic) bond motifs is 2. The Labute approximate surface area is 174 Å². The quantitative estimate of drug-likeness (QED) is 0.587. The highest BCUT2D eigenvalue weighted by Gasteiger charge is 2.25. The van der Waals surface area contributed by atoms with Crippen molar-refractivity contribution in [1.82, 2.24) is 4.98 Å². The average Bonchev–Trinajstić information content (AvgIpc) is 2.77. The molecule has 0 saturated heterocycles. The number of anilines is 1. The normalized spacial score (nSPS) is 13.0. The van der Waals surface area contributed by atoms with Crippen LogP contribution in [-0.4, -0.2) is 30.0 Å². The van der Waals surface area contributed by atoms with Crippen molar-refractivity contribution in [3.05, 3.63) is 71.2 Å². The van der Waals surface area contributed by atoms with Gasteiger partial charge in [0.25, 0.3) is 5.91 Å². The van der Waals surface area contributed by atoms with E-state index >= 15 is 0 Å². The van der Waals surface area contributed by atoms with Crippen LogP contribution in [0.2, 0.25) is 0 Å². The lowest BCUT2D eigenvalue weighted by atomic mass is 9.90. The fourth-order valence-electron chi connectivity index (χ4n) is 4.01. The van der Waals surface area contributed by atoms with Gasteiger partial charge in [-0.15, -0.1) is 0 Å². The van der Waals surface area contributed by atoms with Crippen LogP contribution in [0.5, 0.6) is 0 Å². The molecule has 154 valence electrons. The van der Waals surface area contributed by atoms with E-state index in [-0.39, 0.29) is 18.3 Å². The molecule has 6 heteroatoms. The van der Waals surface area contributed by atoms with Gasteiger partial charge in [0.05, 0.1) is 11.1 Å². The number of para-hydroxylation sites is 1. The number of esters is 1. The standard InChI is InChI=1S/C24H23FN2O3/c1-2-27(17-13-11-16(25)12-14-17)22(28)15-30-24(29)23-18-7-3-5-9-20(18)26-21-10-6-4-8-19(21)23/h3,5,7,9,11-14H,2,4,6,8,10,15H2,1H3. The van der Waals surface area contributed by atoms with Gasteiger partial charge in [-0.3, -0.25) is 9.78 Å². The van der Waals surface area contributed by atoms with Gasteiger partial charge < -0.3 is 9.64 Å². The Morgan fingerprint density at radius 2 is 1.80 bits per heavy atom. The van der Waals surface area contributed by atoms with Crippen LogP contribution < -0.4 is 4.90 Å². The first-order chi connectivity index (χ1) is 14.6. The van der Waals surface area contributed by atoms with E-state index in [0.29, 0.717) is 17.8 Å². The minimum absolute atomic E-state index is 0.357. The Hall–Kier alpha value is -3.28. The molecule has 0 aliphatic heterocycles. The SMILES string of the molecule is CCN(C(=O)COC(=O)c1c2c(nc3ccccc13)CCCC2)c1ccc(F)cc1. The maximum absolute atomic E-state index is 13.2.